The summed E-state index contributed by atoms with van der Waals surface area (Å²) in [6, 6.07) is 12.7. The summed E-state index contributed by atoms with van der Waals surface area (Å²) >= 11 is 3.49. The Morgan fingerprint density at radius 1 is 1.16 bits per heavy atom. The summed E-state index contributed by atoms with van der Waals surface area (Å²) in [4.78, 5) is 16.8. The van der Waals surface area contributed by atoms with Crippen molar-refractivity contribution < 1.29 is 9.21 Å². The smallest absolute Gasteiger partial charge is 0.291 e. The normalized spacial score (nSPS) is 10.9. The molecule has 3 aromatic heterocycles. The average molecular weight is 397 g/mol. The quantitative estimate of drug-likeness (QED) is 0.563. The zero-order valence-corrected chi connectivity index (χ0v) is 14.6. The van der Waals surface area contributed by atoms with Crippen LogP contribution in [-0.2, 0) is 6.54 Å². The predicted octanol–water partition coefficient (Wildman–Crippen LogP) is 4.09. The maximum absolute atomic E-state index is 12.5. The van der Waals surface area contributed by atoms with Crippen LogP contribution in [0.15, 0.2) is 69.9 Å². The number of nitrogens with one attached hydrogen (secondary N) is 1. The summed E-state index contributed by atoms with van der Waals surface area (Å²) in [5, 5.41) is 7.91. The molecule has 1 amide bonds. The van der Waals surface area contributed by atoms with Crippen molar-refractivity contribution in [1.82, 2.24) is 14.8 Å². The fourth-order valence-electron chi connectivity index (χ4n) is 2.56. The van der Waals surface area contributed by atoms with Crippen LogP contribution >= 0.6 is 15.9 Å². The summed E-state index contributed by atoms with van der Waals surface area (Å²) in [7, 11) is 0. The minimum atomic E-state index is -0.319. The second kappa shape index (κ2) is 6.52. The van der Waals surface area contributed by atoms with Crippen LogP contribution in [-0.4, -0.2) is 20.7 Å². The van der Waals surface area contributed by atoms with Crippen molar-refractivity contribution in [3.63, 3.8) is 0 Å². The predicted molar refractivity (Wildman–Crippen MR) is 97.4 cm³/mol. The number of fused-ring (bicyclic) bond motifs is 1. The summed E-state index contributed by atoms with van der Waals surface area (Å²) in [6.07, 6.45) is 5.23. The van der Waals surface area contributed by atoms with E-state index in [9.17, 15) is 4.79 Å². The van der Waals surface area contributed by atoms with Gasteiger partial charge in [-0.25, -0.2) is 0 Å². The second-order valence-electron chi connectivity index (χ2n) is 5.42. The van der Waals surface area contributed by atoms with Crippen molar-refractivity contribution in [3.05, 3.63) is 77.0 Å². The molecule has 0 saturated carbocycles. The molecule has 0 fully saturated rings. The maximum atomic E-state index is 12.5. The number of carbonyl (C=O) groups excluding carboxylic acids is 1. The molecular weight excluding hydrogens is 384 g/mol. The Hall–Kier alpha value is -2.93. The monoisotopic (exact) mass is 396 g/mol. The molecule has 4 rings (SSSR count). The van der Waals surface area contributed by atoms with Crippen LogP contribution in [0, 0.1) is 0 Å². The van der Waals surface area contributed by atoms with E-state index in [2.05, 4.69) is 31.3 Å². The van der Waals surface area contributed by atoms with Gasteiger partial charge in [0, 0.05) is 28.4 Å². The molecule has 0 spiro atoms. The molecule has 0 aliphatic carbocycles. The van der Waals surface area contributed by atoms with Crippen LogP contribution in [0.25, 0.3) is 10.9 Å². The van der Waals surface area contributed by atoms with Gasteiger partial charge in [0.1, 0.15) is 5.76 Å². The molecule has 0 atom stereocenters. The van der Waals surface area contributed by atoms with E-state index in [1.165, 1.54) is 0 Å². The lowest BCUT2D eigenvalue weighted by molar-refractivity contribution is 0.0995. The molecule has 124 valence electrons. The molecule has 0 bridgehead atoms. The number of hydrogen-bond donors (Lipinski definition) is 1. The van der Waals surface area contributed by atoms with Gasteiger partial charge in [-0.15, -0.1) is 0 Å². The van der Waals surface area contributed by atoms with Crippen LogP contribution in [0.1, 0.15) is 16.3 Å². The molecule has 25 heavy (non-hydrogen) atoms. The van der Waals surface area contributed by atoms with E-state index in [0.29, 0.717) is 23.5 Å². The number of furan rings is 1. The molecule has 0 radical (unpaired) electrons. The van der Waals surface area contributed by atoms with Gasteiger partial charge >= 0.3 is 0 Å². The zero-order chi connectivity index (χ0) is 17.2. The number of carbonyl (C=O) groups is 1. The van der Waals surface area contributed by atoms with Gasteiger partial charge in [0.2, 0.25) is 0 Å². The number of nitrogens with zero attached hydrogens (tertiary/aromatic N) is 3. The van der Waals surface area contributed by atoms with Crippen molar-refractivity contribution in [2.45, 2.75) is 6.54 Å². The summed E-state index contributed by atoms with van der Waals surface area (Å²) in [5.74, 6) is 0.586. The van der Waals surface area contributed by atoms with Crippen LogP contribution < -0.4 is 5.32 Å². The fraction of sp³-hybridized carbons (Fsp3) is 0.0556. The van der Waals surface area contributed by atoms with E-state index in [4.69, 9.17) is 4.42 Å². The average Bonchev–Trinajstić information content (AvgIpc) is 3.30. The molecule has 1 aromatic carbocycles. The van der Waals surface area contributed by atoms with E-state index in [-0.39, 0.29) is 11.7 Å². The lowest BCUT2D eigenvalue weighted by Crippen LogP contribution is -2.11. The third-order valence-corrected chi connectivity index (χ3v) is 4.42. The summed E-state index contributed by atoms with van der Waals surface area (Å²) in [5.41, 5.74) is 1.35. The minimum Gasteiger partial charge on any atom is -0.454 e. The lowest BCUT2D eigenvalue weighted by Gasteiger charge is -2.08. The van der Waals surface area contributed by atoms with Crippen molar-refractivity contribution in [3.8, 4) is 0 Å². The Morgan fingerprint density at radius 2 is 2.08 bits per heavy atom. The number of aromatic nitrogens is 3. The highest BCUT2D eigenvalue weighted by Gasteiger charge is 2.14. The molecule has 7 heteroatoms. The van der Waals surface area contributed by atoms with Crippen molar-refractivity contribution in [2.24, 2.45) is 0 Å². The highest BCUT2D eigenvalue weighted by atomic mass is 79.9. The van der Waals surface area contributed by atoms with Gasteiger partial charge in [-0.05, 0) is 36.4 Å². The second-order valence-corrected chi connectivity index (χ2v) is 6.27. The van der Waals surface area contributed by atoms with Gasteiger partial charge in [0.25, 0.3) is 5.91 Å². The van der Waals surface area contributed by atoms with Gasteiger partial charge in [-0.1, -0.05) is 22.0 Å². The first-order valence-electron chi connectivity index (χ1n) is 7.61. The zero-order valence-electron chi connectivity index (χ0n) is 13.0. The molecule has 1 N–H and O–H groups in total. The molecule has 6 nitrogen and oxygen atoms in total. The van der Waals surface area contributed by atoms with E-state index in [0.717, 1.165) is 9.86 Å². The van der Waals surface area contributed by atoms with Crippen LogP contribution in [0.5, 0.6) is 0 Å². The molecule has 0 aliphatic heterocycles. The maximum Gasteiger partial charge on any atom is 0.291 e. The SMILES string of the molecule is O=C(Nc1ccc(Br)c2cccnc12)c1ccc(Cn2cccn2)o1. The number of benzene rings is 1. The first-order valence-corrected chi connectivity index (χ1v) is 8.41. The highest BCUT2D eigenvalue weighted by Crippen LogP contribution is 2.28. The number of anilines is 1. The van der Waals surface area contributed by atoms with Crippen LogP contribution in [0.4, 0.5) is 5.69 Å². The van der Waals surface area contributed by atoms with Crippen molar-refractivity contribution in [1.29, 1.82) is 0 Å². The third kappa shape index (κ3) is 3.18. The van der Waals surface area contributed by atoms with E-state index in [1.807, 2.05) is 36.5 Å². The Morgan fingerprint density at radius 3 is 2.92 bits per heavy atom. The van der Waals surface area contributed by atoms with Gasteiger partial charge in [-0.2, -0.15) is 5.10 Å². The van der Waals surface area contributed by atoms with Gasteiger partial charge in [0.05, 0.1) is 17.7 Å². The van der Waals surface area contributed by atoms with Crippen molar-refractivity contribution in [2.75, 3.05) is 5.32 Å². The Balaban J connectivity index is 1.57. The minimum absolute atomic E-state index is 0.245. The first-order chi connectivity index (χ1) is 12.2. The standard InChI is InChI=1S/C18H13BrN4O2/c19-14-5-6-15(17-13(14)3-1-8-20-17)22-18(24)16-7-4-12(25-16)11-23-10-2-9-21-23/h1-10H,11H2,(H,22,24). The number of hydrogen-bond acceptors (Lipinski definition) is 4. The van der Waals surface area contributed by atoms with Gasteiger partial charge in [0.15, 0.2) is 5.76 Å². The molecule has 0 aliphatic rings. The fourth-order valence-corrected chi connectivity index (χ4v) is 3.01. The van der Waals surface area contributed by atoms with Gasteiger partial charge < -0.3 is 9.73 Å². The van der Waals surface area contributed by atoms with Gasteiger partial charge in [-0.3, -0.25) is 14.5 Å². The van der Waals surface area contributed by atoms with Crippen LogP contribution in [0.3, 0.4) is 0 Å². The Kier molecular flexibility index (Phi) is 4.07. The number of amides is 1. The van der Waals surface area contributed by atoms with Crippen LogP contribution in [0.2, 0.25) is 0 Å². The Bertz CT molecular complexity index is 1040. The van der Waals surface area contributed by atoms with E-state index < -0.39 is 0 Å². The Labute approximate surface area is 151 Å². The molecular formula is C18H13BrN4O2. The topological polar surface area (TPSA) is 73.0 Å². The summed E-state index contributed by atoms with van der Waals surface area (Å²) in [6.45, 7) is 0.475. The molecule has 4 aromatic rings. The van der Waals surface area contributed by atoms with E-state index in [1.54, 1.807) is 29.2 Å². The highest BCUT2D eigenvalue weighted by molar-refractivity contribution is 9.10. The number of rotatable bonds is 4. The molecule has 0 unspecified atom stereocenters. The molecule has 0 saturated heterocycles. The number of pyridine rings is 1. The first kappa shape index (κ1) is 15.6. The van der Waals surface area contributed by atoms with Crippen molar-refractivity contribution >= 4 is 38.4 Å². The summed E-state index contributed by atoms with van der Waals surface area (Å²) < 4.78 is 8.28. The largest absolute Gasteiger partial charge is 0.454 e. The third-order valence-electron chi connectivity index (χ3n) is 3.73. The number of halogens is 1. The lowest BCUT2D eigenvalue weighted by atomic mass is 10.2. The van der Waals surface area contributed by atoms with E-state index >= 15 is 0 Å². The molecule has 3 heterocycles.